The van der Waals surface area contributed by atoms with E-state index in [1.807, 2.05) is 18.2 Å². The molecule has 0 spiro atoms. The Balaban J connectivity index is 2.32. The maximum Gasteiger partial charge on any atom is 0.220 e. The quantitative estimate of drug-likeness (QED) is 0.803. The summed E-state index contributed by atoms with van der Waals surface area (Å²) in [5.41, 5.74) is 3.82. The van der Waals surface area contributed by atoms with Crippen LogP contribution >= 0.6 is 0 Å². The van der Waals surface area contributed by atoms with E-state index >= 15 is 0 Å². The van der Waals surface area contributed by atoms with Crippen molar-refractivity contribution in [1.82, 2.24) is 9.78 Å². The molecular weight excluding hydrogens is 289 g/mol. The van der Waals surface area contributed by atoms with Gasteiger partial charge in [-0.2, -0.15) is 9.49 Å². The lowest BCUT2D eigenvalue weighted by atomic mass is 9.86. The van der Waals surface area contributed by atoms with Crippen LogP contribution in [0.25, 0.3) is 5.70 Å². The molecule has 23 heavy (non-hydrogen) atoms. The molecule has 0 bridgehead atoms. The van der Waals surface area contributed by atoms with Crippen LogP contribution < -0.4 is 5.32 Å². The normalized spacial score (nSPS) is 13.7. The van der Waals surface area contributed by atoms with E-state index in [0.29, 0.717) is 28.8 Å². The summed E-state index contributed by atoms with van der Waals surface area (Å²) in [6, 6.07) is 8.16. The van der Waals surface area contributed by atoms with Crippen molar-refractivity contribution in [3.05, 3.63) is 53.6 Å². The van der Waals surface area contributed by atoms with Crippen LogP contribution in [0.4, 0.5) is 10.1 Å². The number of hydrogen-bond acceptors (Lipinski definition) is 2. The molecule has 1 heterocycles. The van der Waals surface area contributed by atoms with Crippen molar-refractivity contribution in [2.24, 2.45) is 13.0 Å². The number of aryl methyl sites for hydroxylation is 2. The molecule has 1 aromatic carbocycles. The van der Waals surface area contributed by atoms with E-state index in [4.69, 9.17) is 0 Å². The molecule has 1 N–H and O–H groups in total. The zero-order valence-electron chi connectivity index (χ0n) is 14.7. The maximum absolute atomic E-state index is 14.2. The van der Waals surface area contributed by atoms with Crippen molar-refractivity contribution in [3.8, 4) is 0 Å². The minimum absolute atomic E-state index is 0.368. The Morgan fingerprint density at radius 3 is 2.57 bits per heavy atom. The van der Waals surface area contributed by atoms with E-state index in [1.165, 1.54) is 10.2 Å². The second kappa shape index (κ2) is 6.99. The number of benzene rings is 1. The Morgan fingerprint density at radius 1 is 1.35 bits per heavy atom. The number of nitrogens with one attached hydrogen (secondary N) is 1. The Morgan fingerprint density at radius 2 is 2.00 bits per heavy atom. The van der Waals surface area contributed by atoms with Crippen LogP contribution in [-0.4, -0.2) is 9.78 Å². The highest BCUT2D eigenvalue weighted by Crippen LogP contribution is 2.33. The summed E-state index contributed by atoms with van der Waals surface area (Å²) in [6.45, 7) is 12.5. The summed E-state index contributed by atoms with van der Waals surface area (Å²) >= 11 is 0. The van der Waals surface area contributed by atoms with E-state index in [9.17, 15) is 4.39 Å². The highest BCUT2D eigenvalue weighted by atomic mass is 19.1. The van der Waals surface area contributed by atoms with Crippen LogP contribution in [0.3, 0.4) is 0 Å². The van der Waals surface area contributed by atoms with Gasteiger partial charge in [-0.05, 0) is 30.4 Å². The fraction of sp³-hybridized carbons (Fsp3) is 0.421. The third-order valence-corrected chi connectivity index (χ3v) is 4.69. The van der Waals surface area contributed by atoms with Gasteiger partial charge in [-0.3, -0.25) is 0 Å². The van der Waals surface area contributed by atoms with Crippen LogP contribution in [0, 0.1) is 18.8 Å². The maximum atomic E-state index is 14.2. The van der Waals surface area contributed by atoms with Gasteiger partial charge < -0.3 is 5.32 Å². The zero-order chi connectivity index (χ0) is 17.1. The minimum atomic E-state index is -0.368. The molecule has 2 aromatic rings. The van der Waals surface area contributed by atoms with Crippen LogP contribution in [0.1, 0.15) is 49.9 Å². The van der Waals surface area contributed by atoms with E-state index in [2.05, 4.69) is 43.8 Å². The highest BCUT2D eigenvalue weighted by Gasteiger charge is 2.19. The average Bonchev–Trinajstić information content (AvgIpc) is 2.79. The molecule has 0 saturated carbocycles. The molecule has 0 saturated heterocycles. The van der Waals surface area contributed by atoms with Crippen LogP contribution in [-0.2, 0) is 7.05 Å². The van der Waals surface area contributed by atoms with Crippen LogP contribution in [0.2, 0.25) is 0 Å². The number of para-hydroxylation sites is 1. The molecule has 2 atom stereocenters. The molecule has 0 aliphatic heterocycles. The summed E-state index contributed by atoms with van der Waals surface area (Å²) in [5, 5.41) is 7.41. The Kier molecular flexibility index (Phi) is 5.24. The molecule has 2 rings (SSSR count). The van der Waals surface area contributed by atoms with Gasteiger partial charge in [-0.1, -0.05) is 52.0 Å². The Labute approximate surface area is 138 Å². The first-order valence-corrected chi connectivity index (χ1v) is 8.11. The SMILES string of the molecule is C=C(Nc1ccccc1C(C)C(C)CC)c1c(C)nn(C)c1F. The van der Waals surface area contributed by atoms with Gasteiger partial charge in [0.1, 0.15) is 0 Å². The lowest BCUT2D eigenvalue weighted by Crippen LogP contribution is -2.09. The summed E-state index contributed by atoms with van der Waals surface area (Å²) < 4.78 is 15.5. The lowest BCUT2D eigenvalue weighted by Gasteiger charge is -2.23. The van der Waals surface area contributed by atoms with Crippen molar-refractivity contribution < 1.29 is 4.39 Å². The molecule has 124 valence electrons. The number of aromatic nitrogens is 2. The first kappa shape index (κ1) is 17.3. The van der Waals surface area contributed by atoms with Crippen molar-refractivity contribution in [2.75, 3.05) is 5.32 Å². The van der Waals surface area contributed by atoms with Gasteiger partial charge in [-0.25, -0.2) is 4.68 Å². The highest BCUT2D eigenvalue weighted by molar-refractivity contribution is 5.77. The largest absolute Gasteiger partial charge is 0.355 e. The number of nitrogens with zero attached hydrogens (tertiary/aromatic N) is 2. The standard InChI is InChI=1S/C19H26FN3/c1-7-12(2)13(3)16-10-8-9-11-17(16)21-14(4)18-15(5)22-23(6)19(18)20/h8-13,21H,4,7H2,1-3,5-6H3. The summed E-state index contributed by atoms with van der Waals surface area (Å²) in [5.74, 6) is 0.617. The monoisotopic (exact) mass is 315 g/mol. The van der Waals surface area contributed by atoms with Crippen molar-refractivity contribution >= 4 is 11.4 Å². The molecule has 4 heteroatoms. The molecule has 0 amide bonds. The second-order valence-electron chi connectivity index (χ2n) is 6.24. The molecule has 0 radical (unpaired) electrons. The molecule has 0 aliphatic carbocycles. The van der Waals surface area contributed by atoms with Crippen LogP contribution in [0.15, 0.2) is 30.8 Å². The molecular formula is C19H26FN3. The molecule has 0 aliphatic rings. The minimum Gasteiger partial charge on any atom is -0.355 e. The van der Waals surface area contributed by atoms with Crippen molar-refractivity contribution in [2.45, 2.75) is 40.0 Å². The summed E-state index contributed by atoms with van der Waals surface area (Å²) in [6.07, 6.45) is 1.12. The third kappa shape index (κ3) is 3.46. The lowest BCUT2D eigenvalue weighted by molar-refractivity contribution is 0.474. The first-order valence-electron chi connectivity index (χ1n) is 8.11. The fourth-order valence-corrected chi connectivity index (χ4v) is 2.87. The van der Waals surface area contributed by atoms with E-state index in [1.54, 1.807) is 14.0 Å². The summed E-state index contributed by atoms with van der Waals surface area (Å²) in [4.78, 5) is 0. The molecule has 2 unspecified atom stereocenters. The predicted octanol–water partition coefficient (Wildman–Crippen LogP) is 5.10. The van der Waals surface area contributed by atoms with Gasteiger partial charge >= 0.3 is 0 Å². The van der Waals surface area contributed by atoms with Gasteiger partial charge in [0, 0.05) is 18.4 Å². The number of halogens is 1. The van der Waals surface area contributed by atoms with E-state index in [0.717, 1.165) is 12.1 Å². The fourth-order valence-electron chi connectivity index (χ4n) is 2.87. The number of rotatable bonds is 6. The van der Waals surface area contributed by atoms with E-state index < -0.39 is 0 Å². The van der Waals surface area contributed by atoms with Crippen molar-refractivity contribution in [1.29, 1.82) is 0 Å². The van der Waals surface area contributed by atoms with Gasteiger partial charge in [0.2, 0.25) is 5.95 Å². The summed E-state index contributed by atoms with van der Waals surface area (Å²) in [7, 11) is 1.60. The first-order chi connectivity index (χ1) is 10.9. The van der Waals surface area contributed by atoms with Crippen molar-refractivity contribution in [3.63, 3.8) is 0 Å². The smallest absolute Gasteiger partial charge is 0.220 e. The zero-order valence-corrected chi connectivity index (χ0v) is 14.7. The topological polar surface area (TPSA) is 29.9 Å². The van der Waals surface area contributed by atoms with Gasteiger partial charge in [0.05, 0.1) is 11.3 Å². The second-order valence-corrected chi connectivity index (χ2v) is 6.24. The van der Waals surface area contributed by atoms with Gasteiger partial charge in [-0.15, -0.1) is 0 Å². The van der Waals surface area contributed by atoms with Crippen LogP contribution in [0.5, 0.6) is 0 Å². The Hall–Kier alpha value is -2.10. The number of hydrogen-bond donors (Lipinski definition) is 1. The van der Waals surface area contributed by atoms with Gasteiger partial charge in [0.25, 0.3) is 0 Å². The van der Waals surface area contributed by atoms with E-state index in [-0.39, 0.29) is 5.95 Å². The average molecular weight is 315 g/mol. The molecule has 0 fully saturated rings. The van der Waals surface area contributed by atoms with Gasteiger partial charge in [0.15, 0.2) is 0 Å². The third-order valence-electron chi connectivity index (χ3n) is 4.69. The molecule has 1 aromatic heterocycles. The Bertz CT molecular complexity index is 703. The number of anilines is 1. The predicted molar refractivity (Wildman–Crippen MR) is 94.9 cm³/mol. The molecule has 3 nitrogen and oxygen atoms in total.